The number of hydrogen-bond donors (Lipinski definition) is 2. The highest BCUT2D eigenvalue weighted by molar-refractivity contribution is 5.85. The topological polar surface area (TPSA) is 58.4 Å². The molecule has 4 heteroatoms. The fraction of sp³-hybridized carbons (Fsp3) is 0.923. The minimum absolute atomic E-state index is 0.203. The van der Waals surface area contributed by atoms with Crippen LogP contribution in [0.5, 0.6) is 0 Å². The maximum Gasteiger partial charge on any atom is 0.237 e. The molecule has 0 heterocycles. The Bertz CT molecular complexity index is 278. The first-order valence-electron chi connectivity index (χ1n) is 6.58. The van der Waals surface area contributed by atoms with E-state index >= 15 is 0 Å². The first kappa shape index (κ1) is 14.5. The van der Waals surface area contributed by atoms with Gasteiger partial charge in [-0.05, 0) is 54.0 Å². The van der Waals surface area contributed by atoms with Crippen LogP contribution in [0.4, 0.5) is 0 Å². The minimum atomic E-state index is -0.498. The standard InChI is InChI=1S/C13H27N3O/c1-9(2)15-13(12(14)17)7-6-11(8-13)16(5)10(3)4/h9-11,15H,6-8H2,1-5H3,(H2,14,17). The molecule has 1 rings (SSSR count). The fourth-order valence-corrected chi connectivity index (χ4v) is 2.77. The Balaban J connectivity index is 2.75. The van der Waals surface area contributed by atoms with E-state index in [0.717, 1.165) is 19.3 Å². The predicted molar refractivity (Wildman–Crippen MR) is 70.7 cm³/mol. The molecule has 2 unspecified atom stereocenters. The lowest BCUT2D eigenvalue weighted by Crippen LogP contribution is -2.56. The molecule has 3 N–H and O–H groups in total. The van der Waals surface area contributed by atoms with Crippen molar-refractivity contribution in [2.45, 2.75) is 70.6 Å². The summed E-state index contributed by atoms with van der Waals surface area (Å²) in [6.07, 6.45) is 2.72. The van der Waals surface area contributed by atoms with Crippen LogP contribution in [0, 0.1) is 0 Å². The second-order valence-electron chi connectivity index (χ2n) is 5.90. The number of hydrogen-bond acceptors (Lipinski definition) is 3. The van der Waals surface area contributed by atoms with Crippen molar-refractivity contribution < 1.29 is 4.79 Å². The van der Waals surface area contributed by atoms with Gasteiger partial charge in [-0.25, -0.2) is 0 Å². The molecular weight excluding hydrogens is 214 g/mol. The van der Waals surface area contributed by atoms with Gasteiger partial charge >= 0.3 is 0 Å². The zero-order chi connectivity index (χ0) is 13.2. The van der Waals surface area contributed by atoms with E-state index in [1.54, 1.807) is 0 Å². The van der Waals surface area contributed by atoms with E-state index in [0.29, 0.717) is 12.1 Å². The van der Waals surface area contributed by atoms with Gasteiger partial charge in [0.2, 0.25) is 5.91 Å². The molecule has 0 spiro atoms. The second kappa shape index (κ2) is 5.36. The number of nitrogens with zero attached hydrogens (tertiary/aromatic N) is 1. The summed E-state index contributed by atoms with van der Waals surface area (Å²) in [5.41, 5.74) is 5.10. The molecule has 0 radical (unpaired) electrons. The van der Waals surface area contributed by atoms with E-state index in [4.69, 9.17) is 5.73 Å². The molecule has 100 valence electrons. The van der Waals surface area contributed by atoms with Gasteiger partial charge in [-0.3, -0.25) is 4.79 Å². The van der Waals surface area contributed by atoms with Crippen LogP contribution in [-0.4, -0.2) is 41.5 Å². The van der Waals surface area contributed by atoms with Crippen molar-refractivity contribution in [3.05, 3.63) is 0 Å². The normalized spacial score (nSPS) is 29.5. The van der Waals surface area contributed by atoms with E-state index in [1.165, 1.54) is 0 Å². The Labute approximate surface area is 105 Å². The Morgan fingerprint density at radius 2 is 2.00 bits per heavy atom. The van der Waals surface area contributed by atoms with E-state index in [1.807, 2.05) is 0 Å². The molecule has 1 fully saturated rings. The summed E-state index contributed by atoms with van der Waals surface area (Å²) in [6, 6.07) is 1.24. The van der Waals surface area contributed by atoms with Crippen molar-refractivity contribution in [1.82, 2.24) is 10.2 Å². The maximum absolute atomic E-state index is 11.7. The van der Waals surface area contributed by atoms with Gasteiger partial charge in [0, 0.05) is 18.1 Å². The van der Waals surface area contributed by atoms with Crippen molar-refractivity contribution in [3.8, 4) is 0 Å². The molecule has 0 bridgehead atoms. The van der Waals surface area contributed by atoms with Crippen molar-refractivity contribution in [2.75, 3.05) is 7.05 Å². The number of nitrogens with two attached hydrogens (primary N) is 1. The van der Waals surface area contributed by atoms with E-state index in [2.05, 4.69) is 45.0 Å². The maximum atomic E-state index is 11.7. The Morgan fingerprint density at radius 3 is 2.41 bits per heavy atom. The molecule has 1 saturated carbocycles. The van der Waals surface area contributed by atoms with Crippen LogP contribution in [0.25, 0.3) is 0 Å². The first-order chi connectivity index (χ1) is 7.78. The van der Waals surface area contributed by atoms with Crippen molar-refractivity contribution in [3.63, 3.8) is 0 Å². The fourth-order valence-electron chi connectivity index (χ4n) is 2.77. The molecule has 0 aromatic rings. The summed E-state index contributed by atoms with van der Waals surface area (Å²) in [7, 11) is 2.13. The Kier molecular flexibility index (Phi) is 4.55. The molecule has 1 aliphatic rings. The molecule has 0 aromatic heterocycles. The molecular formula is C13H27N3O. The average molecular weight is 241 g/mol. The molecule has 0 saturated heterocycles. The van der Waals surface area contributed by atoms with Gasteiger partial charge in [-0.1, -0.05) is 0 Å². The number of carbonyl (C=O) groups excluding carboxylic acids is 1. The number of amides is 1. The highest BCUT2D eigenvalue weighted by Gasteiger charge is 2.45. The molecule has 1 amide bonds. The van der Waals surface area contributed by atoms with Gasteiger partial charge in [-0.2, -0.15) is 0 Å². The first-order valence-corrected chi connectivity index (χ1v) is 6.58. The summed E-state index contributed by atoms with van der Waals surface area (Å²) in [6.45, 7) is 8.48. The minimum Gasteiger partial charge on any atom is -0.368 e. The quantitative estimate of drug-likeness (QED) is 0.758. The summed E-state index contributed by atoms with van der Waals surface area (Å²) >= 11 is 0. The van der Waals surface area contributed by atoms with Gasteiger partial charge in [0.15, 0.2) is 0 Å². The average Bonchev–Trinajstić information content (AvgIpc) is 2.61. The largest absolute Gasteiger partial charge is 0.368 e. The van der Waals surface area contributed by atoms with E-state index < -0.39 is 5.54 Å². The molecule has 0 aliphatic heterocycles. The zero-order valence-corrected chi connectivity index (χ0v) is 11.8. The number of carbonyl (C=O) groups is 1. The third-order valence-corrected chi connectivity index (χ3v) is 3.92. The third-order valence-electron chi connectivity index (χ3n) is 3.92. The lowest BCUT2D eigenvalue weighted by atomic mass is 9.95. The van der Waals surface area contributed by atoms with Crippen molar-refractivity contribution in [1.29, 1.82) is 0 Å². The van der Waals surface area contributed by atoms with Gasteiger partial charge in [0.25, 0.3) is 0 Å². The number of nitrogens with one attached hydrogen (secondary N) is 1. The molecule has 4 nitrogen and oxygen atoms in total. The third kappa shape index (κ3) is 3.19. The smallest absolute Gasteiger partial charge is 0.237 e. The van der Waals surface area contributed by atoms with Gasteiger partial charge in [0.05, 0.1) is 5.54 Å². The highest BCUT2D eigenvalue weighted by atomic mass is 16.1. The molecule has 0 aromatic carbocycles. The van der Waals surface area contributed by atoms with Crippen LogP contribution in [0.2, 0.25) is 0 Å². The Hall–Kier alpha value is -0.610. The van der Waals surface area contributed by atoms with Gasteiger partial charge in [0.1, 0.15) is 0 Å². The number of rotatable bonds is 5. The van der Waals surface area contributed by atoms with Crippen LogP contribution in [0.1, 0.15) is 47.0 Å². The van der Waals surface area contributed by atoms with Crippen LogP contribution in [0.15, 0.2) is 0 Å². The van der Waals surface area contributed by atoms with Crippen molar-refractivity contribution >= 4 is 5.91 Å². The van der Waals surface area contributed by atoms with Crippen molar-refractivity contribution in [2.24, 2.45) is 5.73 Å². The summed E-state index contributed by atoms with van der Waals surface area (Å²) < 4.78 is 0. The van der Waals surface area contributed by atoms with Gasteiger partial charge in [-0.15, -0.1) is 0 Å². The van der Waals surface area contributed by atoms with Crippen LogP contribution in [0.3, 0.4) is 0 Å². The Morgan fingerprint density at radius 1 is 1.41 bits per heavy atom. The number of primary amides is 1. The summed E-state index contributed by atoms with van der Waals surface area (Å²) in [4.78, 5) is 14.1. The van der Waals surface area contributed by atoms with Crippen LogP contribution in [-0.2, 0) is 4.79 Å². The highest BCUT2D eigenvalue weighted by Crippen LogP contribution is 2.33. The summed E-state index contributed by atoms with van der Waals surface area (Å²) in [5, 5.41) is 3.38. The molecule has 2 atom stereocenters. The van der Waals surface area contributed by atoms with Crippen LogP contribution >= 0.6 is 0 Å². The van der Waals surface area contributed by atoms with E-state index in [-0.39, 0.29) is 11.9 Å². The monoisotopic (exact) mass is 241 g/mol. The van der Waals surface area contributed by atoms with Crippen LogP contribution < -0.4 is 11.1 Å². The SMILES string of the molecule is CC(C)NC1(C(N)=O)CCC(N(C)C(C)C)C1. The molecule has 1 aliphatic carbocycles. The lowest BCUT2D eigenvalue weighted by molar-refractivity contribution is -0.124. The summed E-state index contributed by atoms with van der Waals surface area (Å²) in [5.74, 6) is -0.203. The second-order valence-corrected chi connectivity index (χ2v) is 5.90. The molecule has 17 heavy (non-hydrogen) atoms. The zero-order valence-electron chi connectivity index (χ0n) is 11.8. The van der Waals surface area contributed by atoms with E-state index in [9.17, 15) is 4.79 Å². The lowest BCUT2D eigenvalue weighted by Gasteiger charge is -2.32. The predicted octanol–water partition coefficient (Wildman–Crippen LogP) is 1.10. The van der Waals surface area contributed by atoms with Gasteiger partial charge < -0.3 is 16.0 Å².